The smallest absolute Gasteiger partial charge is 0.462 e. The number of unbranched alkanes of at least 4 members (excludes halogenated alkanes) is 16. The lowest BCUT2D eigenvalue weighted by atomic mass is 9.99. The third kappa shape index (κ3) is 30.6. The molecule has 1 aliphatic rings. The van der Waals surface area contributed by atoms with Crippen LogP contribution in [0.5, 0.6) is 0 Å². The Labute approximate surface area is 321 Å². The van der Waals surface area contributed by atoms with Gasteiger partial charge in [-0.15, -0.1) is 0 Å². The van der Waals surface area contributed by atoms with Gasteiger partial charge in [0.1, 0.15) is 12.7 Å². The van der Waals surface area contributed by atoms with Crippen LogP contribution in [0.1, 0.15) is 181 Å². The van der Waals surface area contributed by atoms with Crippen LogP contribution in [0.3, 0.4) is 0 Å². The molecular weight excluding hydrogens is 699 g/mol. The molecule has 0 saturated carbocycles. The number of rotatable bonds is 38. The number of aliphatic hydroxyl groups is 2. The van der Waals surface area contributed by atoms with Crippen molar-refractivity contribution in [1.82, 2.24) is 0 Å². The van der Waals surface area contributed by atoms with Crippen molar-refractivity contribution < 1.29 is 52.5 Å². The molecular formula is C41H77O11P. The lowest BCUT2D eigenvalue weighted by Gasteiger charge is -2.20. The second kappa shape index (κ2) is 32.9. The Kier molecular flexibility index (Phi) is 30.8. The van der Waals surface area contributed by atoms with E-state index in [0.717, 1.165) is 70.1 Å². The van der Waals surface area contributed by atoms with Gasteiger partial charge in [0.2, 0.25) is 0 Å². The molecule has 0 aromatic carbocycles. The van der Waals surface area contributed by atoms with Crippen molar-refractivity contribution in [2.45, 2.75) is 206 Å². The fraction of sp³-hybridized carbons (Fsp3) is 0.902. The van der Waals surface area contributed by atoms with Gasteiger partial charge in [-0.1, -0.05) is 142 Å². The van der Waals surface area contributed by atoms with Crippen LogP contribution in [0.4, 0.5) is 0 Å². The van der Waals surface area contributed by atoms with Crippen molar-refractivity contribution >= 4 is 19.8 Å². The molecule has 0 amide bonds. The van der Waals surface area contributed by atoms with E-state index in [1.807, 2.05) is 0 Å². The maximum absolute atomic E-state index is 12.6. The van der Waals surface area contributed by atoms with Crippen molar-refractivity contribution in [2.24, 2.45) is 5.92 Å². The molecule has 312 valence electrons. The molecule has 1 saturated heterocycles. The summed E-state index contributed by atoms with van der Waals surface area (Å²) in [6.45, 7) is 4.67. The van der Waals surface area contributed by atoms with Crippen LogP contribution in [0.25, 0.3) is 0 Å². The first kappa shape index (κ1) is 49.7. The van der Waals surface area contributed by atoms with Gasteiger partial charge in [0.05, 0.1) is 32.0 Å². The highest BCUT2D eigenvalue weighted by Gasteiger charge is 2.36. The normalized spacial score (nSPS) is 18.5. The number of phosphoric ester groups is 1. The van der Waals surface area contributed by atoms with Crippen molar-refractivity contribution in [3.8, 4) is 0 Å². The number of allylic oxidation sites excluding steroid dienone is 1. The summed E-state index contributed by atoms with van der Waals surface area (Å²) in [5, 5.41) is 18.3. The van der Waals surface area contributed by atoms with E-state index >= 15 is 0 Å². The number of phosphoric acid groups is 1. The van der Waals surface area contributed by atoms with E-state index < -0.39 is 51.8 Å². The quantitative estimate of drug-likeness (QED) is 0.0180. The molecule has 3 N–H and O–H groups in total. The summed E-state index contributed by atoms with van der Waals surface area (Å²) in [5.41, 5.74) is 0. The molecule has 0 bridgehead atoms. The van der Waals surface area contributed by atoms with Crippen LogP contribution in [0.15, 0.2) is 12.2 Å². The number of esters is 2. The highest BCUT2D eigenvalue weighted by atomic mass is 31.2. The van der Waals surface area contributed by atoms with Gasteiger partial charge in [0.15, 0.2) is 6.10 Å². The topological polar surface area (TPSA) is 161 Å². The van der Waals surface area contributed by atoms with Crippen LogP contribution < -0.4 is 0 Å². The SMILES string of the molecule is CCCCC/C=C\CC1OC1CCCCCCCC(=O)O[C@H](COC(=O)CCCCCCCCCCCCC(C)CC)COP(=O)(O)OC[C@@H](O)CO. The van der Waals surface area contributed by atoms with Gasteiger partial charge in [-0.3, -0.25) is 18.6 Å². The lowest BCUT2D eigenvalue weighted by Crippen LogP contribution is -2.29. The van der Waals surface area contributed by atoms with Gasteiger partial charge in [-0.25, -0.2) is 4.57 Å². The van der Waals surface area contributed by atoms with Gasteiger partial charge in [-0.2, -0.15) is 0 Å². The van der Waals surface area contributed by atoms with Gasteiger partial charge in [0, 0.05) is 12.8 Å². The maximum Gasteiger partial charge on any atom is 0.472 e. The first-order valence-corrected chi connectivity index (χ1v) is 22.7. The molecule has 6 atom stereocenters. The average molecular weight is 777 g/mol. The van der Waals surface area contributed by atoms with Gasteiger partial charge in [-0.05, 0) is 44.4 Å². The maximum atomic E-state index is 12.6. The number of carbonyl (C=O) groups is 2. The molecule has 1 fully saturated rings. The molecule has 1 heterocycles. The summed E-state index contributed by atoms with van der Waals surface area (Å²) in [4.78, 5) is 35.0. The molecule has 0 aromatic rings. The van der Waals surface area contributed by atoms with Gasteiger partial charge >= 0.3 is 19.8 Å². The predicted octanol–water partition coefficient (Wildman–Crippen LogP) is 9.68. The second-order valence-electron chi connectivity index (χ2n) is 15.0. The van der Waals surface area contributed by atoms with Crippen LogP contribution >= 0.6 is 7.82 Å². The van der Waals surface area contributed by atoms with Crippen molar-refractivity contribution in [1.29, 1.82) is 0 Å². The minimum absolute atomic E-state index is 0.164. The molecule has 1 aliphatic heterocycles. The fourth-order valence-corrected chi connectivity index (χ4v) is 6.88. The summed E-state index contributed by atoms with van der Waals surface area (Å²) >= 11 is 0. The Bertz CT molecular complexity index is 978. The third-order valence-electron chi connectivity index (χ3n) is 9.88. The molecule has 4 unspecified atom stereocenters. The van der Waals surface area contributed by atoms with Crippen molar-refractivity contribution in [3.05, 3.63) is 12.2 Å². The van der Waals surface area contributed by atoms with E-state index in [1.54, 1.807) is 0 Å². The third-order valence-corrected chi connectivity index (χ3v) is 10.8. The van der Waals surface area contributed by atoms with E-state index in [9.17, 15) is 24.2 Å². The van der Waals surface area contributed by atoms with Crippen molar-refractivity contribution in [2.75, 3.05) is 26.4 Å². The second-order valence-corrected chi connectivity index (χ2v) is 16.5. The number of ether oxygens (including phenoxy) is 3. The highest BCUT2D eigenvalue weighted by Crippen LogP contribution is 2.43. The van der Waals surface area contributed by atoms with Crippen molar-refractivity contribution in [3.63, 3.8) is 0 Å². The van der Waals surface area contributed by atoms with E-state index in [1.165, 1.54) is 70.6 Å². The van der Waals surface area contributed by atoms with E-state index in [-0.39, 0.29) is 19.4 Å². The summed E-state index contributed by atoms with van der Waals surface area (Å²) in [5.74, 6) is -0.103. The number of hydrogen-bond donors (Lipinski definition) is 3. The van der Waals surface area contributed by atoms with Crippen LogP contribution in [0.2, 0.25) is 0 Å². The van der Waals surface area contributed by atoms with Crippen LogP contribution in [-0.2, 0) is 37.4 Å². The van der Waals surface area contributed by atoms with E-state index in [0.29, 0.717) is 25.0 Å². The fourth-order valence-electron chi connectivity index (χ4n) is 6.09. The largest absolute Gasteiger partial charge is 0.472 e. The number of aliphatic hydroxyl groups excluding tert-OH is 2. The summed E-state index contributed by atoms with van der Waals surface area (Å²) in [7, 11) is -4.62. The number of carbonyl (C=O) groups excluding carboxylic acids is 2. The van der Waals surface area contributed by atoms with E-state index in [4.69, 9.17) is 23.8 Å². The summed E-state index contributed by atoms with van der Waals surface area (Å²) in [6, 6.07) is 0. The van der Waals surface area contributed by atoms with Gasteiger partial charge < -0.3 is 29.3 Å². The summed E-state index contributed by atoms with van der Waals surface area (Å²) < 4.78 is 38.5. The zero-order chi connectivity index (χ0) is 39.0. The van der Waals surface area contributed by atoms with Crippen LogP contribution in [-0.4, -0.2) is 77.9 Å². The lowest BCUT2D eigenvalue weighted by molar-refractivity contribution is -0.161. The molecule has 53 heavy (non-hydrogen) atoms. The zero-order valence-electron chi connectivity index (χ0n) is 33.6. The first-order chi connectivity index (χ1) is 25.6. The molecule has 12 heteroatoms. The molecule has 0 radical (unpaired) electrons. The Hall–Kier alpha value is -1.33. The standard InChI is InChI=1S/C41H77O11P/c1-4-6-7-8-17-22-27-38-39(52-38)28-23-18-15-20-25-30-41(45)51-37(34-50-53(46,47)49-32-36(43)31-42)33-48-40(44)29-24-19-14-12-10-9-11-13-16-21-26-35(3)5-2/h17,22,35-39,42-43H,4-16,18-21,23-34H2,1-3H3,(H,46,47)/b22-17-/t35?,36-,37+,38?,39?/m0/s1. The first-order valence-electron chi connectivity index (χ1n) is 21.2. The Morgan fingerprint density at radius 1 is 0.736 bits per heavy atom. The average Bonchev–Trinajstić information content (AvgIpc) is 3.90. The Balaban J connectivity index is 2.27. The molecule has 0 spiro atoms. The Morgan fingerprint density at radius 3 is 1.94 bits per heavy atom. The summed E-state index contributed by atoms with van der Waals surface area (Å²) in [6.07, 6.45) is 29.1. The predicted molar refractivity (Wildman–Crippen MR) is 209 cm³/mol. The Morgan fingerprint density at radius 2 is 1.32 bits per heavy atom. The van der Waals surface area contributed by atoms with E-state index in [2.05, 4.69) is 37.4 Å². The molecule has 0 aromatic heterocycles. The van der Waals surface area contributed by atoms with Gasteiger partial charge in [0.25, 0.3) is 0 Å². The highest BCUT2D eigenvalue weighted by molar-refractivity contribution is 7.47. The molecule has 0 aliphatic carbocycles. The minimum atomic E-state index is -4.62. The number of hydrogen-bond acceptors (Lipinski definition) is 10. The number of epoxide rings is 1. The monoisotopic (exact) mass is 777 g/mol. The molecule has 1 rings (SSSR count). The molecule has 11 nitrogen and oxygen atoms in total. The van der Waals surface area contributed by atoms with Crippen LogP contribution in [0, 0.1) is 5.92 Å². The zero-order valence-corrected chi connectivity index (χ0v) is 34.5. The minimum Gasteiger partial charge on any atom is -0.462 e.